The van der Waals surface area contributed by atoms with Crippen molar-refractivity contribution in [3.8, 4) is 0 Å². The standard InChI is InChI=1S/C17H30N4O2.2ClH/c22-16(13-15-5-4-6-18-15)21-11-9-19(10-12-21)14-17(23)20-7-2-1-3-8-20;;/h15,18H,1-14H2;2*1H. The molecule has 0 aromatic heterocycles. The average molecular weight is 395 g/mol. The van der Waals surface area contributed by atoms with Gasteiger partial charge in [-0.05, 0) is 38.6 Å². The molecule has 2 amide bonds. The van der Waals surface area contributed by atoms with Crippen molar-refractivity contribution in [2.75, 3.05) is 52.4 Å². The molecule has 0 aromatic carbocycles. The van der Waals surface area contributed by atoms with Crippen LogP contribution in [0.15, 0.2) is 0 Å². The quantitative estimate of drug-likeness (QED) is 0.776. The number of halogens is 2. The van der Waals surface area contributed by atoms with Crippen LogP contribution < -0.4 is 5.32 Å². The van der Waals surface area contributed by atoms with Crippen LogP contribution in [-0.4, -0.2) is 84.9 Å². The van der Waals surface area contributed by atoms with Gasteiger partial charge in [-0.3, -0.25) is 14.5 Å². The summed E-state index contributed by atoms with van der Waals surface area (Å²) in [4.78, 5) is 30.8. The van der Waals surface area contributed by atoms with Gasteiger partial charge >= 0.3 is 0 Å². The molecule has 0 aliphatic carbocycles. The maximum absolute atomic E-state index is 12.3. The molecule has 146 valence electrons. The smallest absolute Gasteiger partial charge is 0.236 e. The number of hydrogen-bond donors (Lipinski definition) is 1. The molecule has 3 heterocycles. The first kappa shape index (κ1) is 22.5. The Morgan fingerprint density at radius 3 is 2.04 bits per heavy atom. The minimum absolute atomic E-state index is 0. The summed E-state index contributed by atoms with van der Waals surface area (Å²) in [6.07, 6.45) is 6.47. The number of likely N-dealkylation sites (tertiary alicyclic amines) is 1. The molecule has 0 spiro atoms. The van der Waals surface area contributed by atoms with E-state index in [9.17, 15) is 9.59 Å². The van der Waals surface area contributed by atoms with Crippen molar-refractivity contribution < 1.29 is 9.59 Å². The monoisotopic (exact) mass is 394 g/mol. The summed E-state index contributed by atoms with van der Waals surface area (Å²) < 4.78 is 0. The van der Waals surface area contributed by atoms with Crippen LogP contribution in [0, 0.1) is 0 Å². The lowest BCUT2D eigenvalue weighted by Crippen LogP contribution is -2.52. The van der Waals surface area contributed by atoms with Crippen LogP contribution >= 0.6 is 24.8 Å². The summed E-state index contributed by atoms with van der Waals surface area (Å²) in [5, 5.41) is 3.39. The molecule has 3 aliphatic rings. The molecule has 3 fully saturated rings. The minimum atomic E-state index is 0. The number of carbonyl (C=O) groups excluding carboxylic acids is 2. The van der Waals surface area contributed by atoms with Gasteiger partial charge in [0.05, 0.1) is 6.54 Å². The van der Waals surface area contributed by atoms with E-state index in [1.54, 1.807) is 0 Å². The predicted molar refractivity (Wildman–Crippen MR) is 104 cm³/mol. The van der Waals surface area contributed by atoms with Crippen LogP contribution in [-0.2, 0) is 9.59 Å². The number of nitrogens with zero attached hydrogens (tertiary/aromatic N) is 3. The van der Waals surface area contributed by atoms with Gasteiger partial charge in [0.15, 0.2) is 0 Å². The van der Waals surface area contributed by atoms with E-state index in [4.69, 9.17) is 0 Å². The van der Waals surface area contributed by atoms with E-state index >= 15 is 0 Å². The number of rotatable bonds is 4. The van der Waals surface area contributed by atoms with E-state index in [0.717, 1.165) is 65.1 Å². The maximum atomic E-state index is 12.3. The fourth-order valence-electron chi connectivity index (χ4n) is 3.86. The molecule has 3 saturated heterocycles. The second-order valence-electron chi connectivity index (χ2n) is 7.10. The number of carbonyl (C=O) groups is 2. The number of hydrogen-bond acceptors (Lipinski definition) is 4. The summed E-state index contributed by atoms with van der Waals surface area (Å²) in [5.41, 5.74) is 0. The largest absolute Gasteiger partial charge is 0.342 e. The van der Waals surface area contributed by atoms with Gasteiger partial charge in [-0.15, -0.1) is 24.8 Å². The summed E-state index contributed by atoms with van der Waals surface area (Å²) in [6.45, 7) is 6.58. The molecule has 0 radical (unpaired) electrons. The number of piperazine rings is 1. The molecule has 0 bridgehead atoms. The molecule has 3 rings (SSSR count). The van der Waals surface area contributed by atoms with Crippen LogP contribution in [0.1, 0.15) is 38.5 Å². The van der Waals surface area contributed by atoms with Gasteiger partial charge in [0.2, 0.25) is 11.8 Å². The molecule has 25 heavy (non-hydrogen) atoms. The molecule has 1 N–H and O–H groups in total. The third kappa shape index (κ3) is 6.59. The Morgan fingerprint density at radius 2 is 1.44 bits per heavy atom. The Morgan fingerprint density at radius 1 is 0.800 bits per heavy atom. The van der Waals surface area contributed by atoms with Crippen LogP contribution in [0.2, 0.25) is 0 Å². The van der Waals surface area contributed by atoms with Gasteiger partial charge in [-0.25, -0.2) is 0 Å². The highest BCUT2D eigenvalue weighted by Gasteiger charge is 2.26. The number of amides is 2. The third-order valence-corrected chi connectivity index (χ3v) is 5.38. The Hall–Kier alpha value is -0.560. The van der Waals surface area contributed by atoms with E-state index < -0.39 is 0 Å². The normalized spacial score (nSPS) is 24.4. The third-order valence-electron chi connectivity index (χ3n) is 5.38. The summed E-state index contributed by atoms with van der Waals surface area (Å²) in [7, 11) is 0. The number of piperidine rings is 1. The van der Waals surface area contributed by atoms with Gasteiger partial charge in [-0.1, -0.05) is 0 Å². The van der Waals surface area contributed by atoms with Gasteiger partial charge in [0.25, 0.3) is 0 Å². The lowest BCUT2D eigenvalue weighted by atomic mass is 10.1. The molecule has 1 unspecified atom stereocenters. The number of nitrogens with one attached hydrogen (secondary N) is 1. The fraction of sp³-hybridized carbons (Fsp3) is 0.882. The zero-order chi connectivity index (χ0) is 16.1. The Bertz CT molecular complexity index is 419. The molecule has 3 aliphatic heterocycles. The van der Waals surface area contributed by atoms with Crippen molar-refractivity contribution in [3.63, 3.8) is 0 Å². The van der Waals surface area contributed by atoms with Crippen molar-refractivity contribution in [2.45, 2.75) is 44.6 Å². The maximum Gasteiger partial charge on any atom is 0.236 e. The van der Waals surface area contributed by atoms with Gasteiger partial charge < -0.3 is 15.1 Å². The summed E-state index contributed by atoms with van der Waals surface area (Å²) in [5.74, 6) is 0.533. The summed E-state index contributed by atoms with van der Waals surface area (Å²) >= 11 is 0. The molecular formula is C17H32Cl2N4O2. The fourth-order valence-corrected chi connectivity index (χ4v) is 3.86. The van der Waals surface area contributed by atoms with Crippen molar-refractivity contribution in [1.29, 1.82) is 0 Å². The molecule has 6 nitrogen and oxygen atoms in total. The molecule has 1 atom stereocenters. The molecule has 8 heteroatoms. The van der Waals surface area contributed by atoms with Crippen LogP contribution in [0.25, 0.3) is 0 Å². The Labute approximate surface area is 163 Å². The highest BCUT2D eigenvalue weighted by Crippen LogP contribution is 2.13. The molecule has 0 saturated carbocycles. The zero-order valence-corrected chi connectivity index (χ0v) is 16.6. The highest BCUT2D eigenvalue weighted by atomic mass is 35.5. The first-order valence-corrected chi connectivity index (χ1v) is 9.23. The van der Waals surface area contributed by atoms with Crippen molar-refractivity contribution in [1.82, 2.24) is 20.0 Å². The molecular weight excluding hydrogens is 363 g/mol. The van der Waals surface area contributed by atoms with E-state index in [0.29, 0.717) is 19.0 Å². The first-order valence-electron chi connectivity index (χ1n) is 9.23. The van der Waals surface area contributed by atoms with Crippen LogP contribution in [0.3, 0.4) is 0 Å². The van der Waals surface area contributed by atoms with Crippen molar-refractivity contribution in [3.05, 3.63) is 0 Å². The summed E-state index contributed by atoms with van der Waals surface area (Å²) in [6, 6.07) is 0.376. The van der Waals surface area contributed by atoms with E-state index in [2.05, 4.69) is 10.2 Å². The second-order valence-corrected chi connectivity index (χ2v) is 7.10. The van der Waals surface area contributed by atoms with Gasteiger partial charge in [0, 0.05) is 51.7 Å². The highest BCUT2D eigenvalue weighted by molar-refractivity contribution is 5.85. The predicted octanol–water partition coefficient (Wildman–Crippen LogP) is 1.13. The Balaban J connectivity index is 0.00000156. The SMILES string of the molecule is Cl.Cl.O=C(CC1CCCN1)N1CCN(CC(=O)N2CCCCC2)CC1. The van der Waals surface area contributed by atoms with Gasteiger partial charge in [0.1, 0.15) is 0 Å². The Kier molecular flexibility index (Phi) is 10.1. The lowest BCUT2D eigenvalue weighted by molar-refractivity contribution is -0.135. The zero-order valence-electron chi connectivity index (χ0n) is 15.0. The average Bonchev–Trinajstić information content (AvgIpc) is 3.09. The first-order chi connectivity index (χ1) is 11.2. The van der Waals surface area contributed by atoms with E-state index in [1.807, 2.05) is 9.80 Å². The minimum Gasteiger partial charge on any atom is -0.342 e. The van der Waals surface area contributed by atoms with Crippen molar-refractivity contribution >= 4 is 36.6 Å². The van der Waals surface area contributed by atoms with E-state index in [1.165, 1.54) is 12.8 Å². The van der Waals surface area contributed by atoms with Gasteiger partial charge in [-0.2, -0.15) is 0 Å². The molecule has 0 aromatic rings. The van der Waals surface area contributed by atoms with Crippen molar-refractivity contribution in [2.24, 2.45) is 0 Å². The topological polar surface area (TPSA) is 55.9 Å². The second kappa shape index (κ2) is 11.2. The lowest BCUT2D eigenvalue weighted by Gasteiger charge is -2.36. The van der Waals surface area contributed by atoms with Crippen LogP contribution in [0.5, 0.6) is 0 Å². The van der Waals surface area contributed by atoms with E-state index in [-0.39, 0.29) is 36.6 Å². The van der Waals surface area contributed by atoms with Crippen LogP contribution in [0.4, 0.5) is 0 Å².